The highest BCUT2D eigenvalue weighted by Gasteiger charge is 2.27. The van der Waals surface area contributed by atoms with Crippen molar-refractivity contribution in [3.8, 4) is 11.6 Å². The van der Waals surface area contributed by atoms with Crippen molar-refractivity contribution in [3.05, 3.63) is 78.0 Å². The zero-order valence-electron chi connectivity index (χ0n) is 16.5. The zero-order valence-corrected chi connectivity index (χ0v) is 18.2. The normalized spacial score (nSPS) is 11.7. The molecule has 8 heteroatoms. The number of hydrogen-bond donors (Lipinski definition) is 1. The Morgan fingerprint density at radius 1 is 0.862 bits per heavy atom. The lowest BCUT2D eigenvalue weighted by Gasteiger charge is -2.24. The van der Waals surface area contributed by atoms with Crippen molar-refractivity contribution in [1.29, 1.82) is 0 Å². The molecule has 0 N–H and O–H groups in total. The Hall–Kier alpha value is -2.58. The summed E-state index contributed by atoms with van der Waals surface area (Å²) in [6.07, 6.45) is 5.85. The summed E-state index contributed by atoms with van der Waals surface area (Å²) < 4.78 is 3.58. The summed E-state index contributed by atoms with van der Waals surface area (Å²) in [6.45, 7) is 4.26. The minimum absolute atomic E-state index is 0.388. The predicted molar refractivity (Wildman–Crippen MR) is 119 cm³/mol. The van der Waals surface area contributed by atoms with Crippen LogP contribution in [-0.2, 0) is 11.2 Å². The molecule has 6 nitrogen and oxygen atoms in total. The third kappa shape index (κ3) is 3.95. The molecular formula is C21H22N6S2. The Balaban J connectivity index is 1.69. The molecule has 0 aliphatic heterocycles. The number of nitrogens with zero attached hydrogens (tertiary/aromatic N) is 6. The Morgan fingerprint density at radius 3 is 1.97 bits per heavy atom. The number of thioether (sulfide) groups is 1. The van der Waals surface area contributed by atoms with Gasteiger partial charge >= 0.3 is 0 Å². The van der Waals surface area contributed by atoms with Crippen molar-refractivity contribution in [2.75, 3.05) is 6.26 Å². The molecular weight excluding hydrogens is 400 g/mol. The minimum atomic E-state index is -0.388. The van der Waals surface area contributed by atoms with Crippen LogP contribution < -0.4 is 0 Å². The van der Waals surface area contributed by atoms with Crippen LogP contribution in [0.2, 0.25) is 0 Å². The van der Waals surface area contributed by atoms with E-state index in [1.165, 1.54) is 0 Å². The van der Waals surface area contributed by atoms with E-state index >= 15 is 0 Å². The van der Waals surface area contributed by atoms with Crippen molar-refractivity contribution < 1.29 is 0 Å². The van der Waals surface area contributed by atoms with Gasteiger partial charge in [-0.3, -0.25) is 0 Å². The fourth-order valence-corrected chi connectivity index (χ4v) is 3.58. The fraction of sp³-hybridized carbons (Fsp3) is 0.238. The summed E-state index contributed by atoms with van der Waals surface area (Å²) in [5.41, 5.74) is 2.38. The van der Waals surface area contributed by atoms with Crippen molar-refractivity contribution >= 4 is 24.4 Å². The van der Waals surface area contributed by atoms with Crippen molar-refractivity contribution in [1.82, 2.24) is 29.5 Å². The first kappa shape index (κ1) is 19.7. The van der Waals surface area contributed by atoms with Crippen LogP contribution in [0.15, 0.2) is 66.0 Å². The van der Waals surface area contributed by atoms with Crippen LogP contribution >= 0.6 is 24.4 Å². The smallest absolute Gasteiger partial charge is 0.153 e. The van der Waals surface area contributed by atoms with E-state index in [4.69, 9.17) is 9.97 Å². The van der Waals surface area contributed by atoms with E-state index < -0.39 is 0 Å². The SMILES string of the molecule is CSc1ccn(-c2cccc(C(C)(C)c3cccc(-n4ccc(CS)n4)n3)n2)n1. The summed E-state index contributed by atoms with van der Waals surface area (Å²) in [6, 6.07) is 15.9. The van der Waals surface area contributed by atoms with Crippen LogP contribution in [0.25, 0.3) is 11.6 Å². The van der Waals surface area contributed by atoms with Gasteiger partial charge in [-0.2, -0.15) is 22.8 Å². The van der Waals surface area contributed by atoms with Crippen molar-refractivity contribution in [3.63, 3.8) is 0 Å². The molecule has 0 aliphatic carbocycles. The number of hydrogen-bond acceptors (Lipinski definition) is 6. The van der Waals surface area contributed by atoms with E-state index in [1.54, 1.807) is 21.1 Å². The quantitative estimate of drug-likeness (QED) is 0.370. The van der Waals surface area contributed by atoms with Gasteiger partial charge in [0, 0.05) is 23.6 Å². The topological polar surface area (TPSA) is 61.4 Å². The summed E-state index contributed by atoms with van der Waals surface area (Å²) in [5, 5.41) is 10.0. The molecule has 4 rings (SSSR count). The van der Waals surface area contributed by atoms with Gasteiger partial charge in [-0.1, -0.05) is 12.1 Å². The number of aromatic nitrogens is 6. The lowest BCUT2D eigenvalue weighted by Crippen LogP contribution is -2.23. The van der Waals surface area contributed by atoms with Crippen molar-refractivity contribution in [2.45, 2.75) is 30.0 Å². The first-order valence-corrected chi connectivity index (χ1v) is 11.1. The Labute approximate surface area is 179 Å². The summed E-state index contributed by atoms with van der Waals surface area (Å²) in [7, 11) is 0. The average Bonchev–Trinajstić information content (AvgIpc) is 3.43. The molecule has 0 aliphatic rings. The fourth-order valence-electron chi connectivity index (χ4n) is 3.05. The van der Waals surface area contributed by atoms with Crippen LogP contribution in [0.1, 0.15) is 30.9 Å². The Bertz CT molecular complexity index is 1040. The van der Waals surface area contributed by atoms with Gasteiger partial charge in [0.15, 0.2) is 11.6 Å². The van der Waals surface area contributed by atoms with Gasteiger partial charge in [0.05, 0.1) is 17.1 Å². The van der Waals surface area contributed by atoms with Gasteiger partial charge in [-0.05, 0) is 56.5 Å². The van der Waals surface area contributed by atoms with Gasteiger partial charge in [-0.25, -0.2) is 19.3 Å². The van der Waals surface area contributed by atoms with E-state index in [0.29, 0.717) is 5.75 Å². The molecule has 0 fully saturated rings. The Morgan fingerprint density at radius 2 is 1.45 bits per heavy atom. The highest BCUT2D eigenvalue weighted by atomic mass is 32.2. The number of pyridine rings is 2. The summed E-state index contributed by atoms with van der Waals surface area (Å²) >= 11 is 5.90. The van der Waals surface area contributed by atoms with Crippen LogP contribution in [0, 0.1) is 0 Å². The molecule has 148 valence electrons. The third-order valence-corrected chi connectivity index (χ3v) is 5.76. The molecule has 4 aromatic rings. The average molecular weight is 423 g/mol. The van der Waals surface area contributed by atoms with Crippen LogP contribution in [0.3, 0.4) is 0 Å². The van der Waals surface area contributed by atoms with E-state index in [-0.39, 0.29) is 5.41 Å². The molecule has 0 atom stereocenters. The lowest BCUT2D eigenvalue weighted by molar-refractivity contribution is 0.588. The van der Waals surface area contributed by atoms with E-state index in [0.717, 1.165) is 33.7 Å². The molecule has 0 saturated heterocycles. The first-order chi connectivity index (χ1) is 14.0. The second kappa shape index (κ2) is 8.04. The first-order valence-electron chi connectivity index (χ1n) is 9.22. The van der Waals surface area contributed by atoms with Crippen LogP contribution in [-0.4, -0.2) is 35.8 Å². The molecule has 0 amide bonds. The molecule has 0 radical (unpaired) electrons. The molecule has 0 unspecified atom stereocenters. The molecule has 0 saturated carbocycles. The molecule has 0 bridgehead atoms. The van der Waals surface area contributed by atoms with Gasteiger partial charge in [0.2, 0.25) is 0 Å². The largest absolute Gasteiger partial charge is 0.233 e. The predicted octanol–water partition coefficient (Wildman–Crippen LogP) is 4.33. The lowest BCUT2D eigenvalue weighted by atomic mass is 9.84. The number of thiol groups is 1. The van der Waals surface area contributed by atoms with E-state index in [1.807, 2.05) is 67.2 Å². The number of rotatable bonds is 6. The molecule has 0 aromatic carbocycles. The minimum Gasteiger partial charge on any atom is -0.233 e. The van der Waals surface area contributed by atoms with Gasteiger partial charge < -0.3 is 0 Å². The van der Waals surface area contributed by atoms with E-state index in [9.17, 15) is 0 Å². The monoisotopic (exact) mass is 422 g/mol. The molecule has 0 spiro atoms. The molecule has 4 heterocycles. The highest BCUT2D eigenvalue weighted by Crippen LogP contribution is 2.30. The van der Waals surface area contributed by atoms with Gasteiger partial charge in [0.25, 0.3) is 0 Å². The Kier molecular flexibility index (Phi) is 5.47. The van der Waals surface area contributed by atoms with Gasteiger partial charge in [0.1, 0.15) is 5.03 Å². The van der Waals surface area contributed by atoms with Crippen LogP contribution in [0.5, 0.6) is 0 Å². The molecule has 4 aromatic heterocycles. The molecule has 29 heavy (non-hydrogen) atoms. The maximum atomic E-state index is 4.88. The highest BCUT2D eigenvalue weighted by molar-refractivity contribution is 7.98. The second-order valence-corrected chi connectivity index (χ2v) is 8.24. The standard InChI is InChI=1S/C21H22N6S2/c1-21(2,16-6-4-8-18(22-16)26-12-10-15(14-28)24-26)17-7-5-9-19(23-17)27-13-11-20(25-27)29-3/h4-13,28H,14H2,1-3H3. The third-order valence-electron chi connectivity index (χ3n) is 4.80. The maximum absolute atomic E-state index is 4.88. The second-order valence-electron chi connectivity index (χ2n) is 7.10. The summed E-state index contributed by atoms with van der Waals surface area (Å²) in [5.74, 6) is 2.16. The zero-order chi connectivity index (χ0) is 20.4. The van der Waals surface area contributed by atoms with Crippen molar-refractivity contribution in [2.24, 2.45) is 0 Å². The van der Waals surface area contributed by atoms with Crippen LogP contribution in [0.4, 0.5) is 0 Å². The summed E-state index contributed by atoms with van der Waals surface area (Å²) in [4.78, 5) is 9.75. The maximum Gasteiger partial charge on any atom is 0.153 e. The van der Waals surface area contributed by atoms with E-state index in [2.05, 4.69) is 36.7 Å². The van der Waals surface area contributed by atoms with Gasteiger partial charge in [-0.15, -0.1) is 11.8 Å².